The van der Waals surface area contributed by atoms with Gasteiger partial charge in [0, 0.05) is 12.0 Å². The van der Waals surface area contributed by atoms with Crippen molar-refractivity contribution in [2.24, 2.45) is 5.92 Å². The van der Waals surface area contributed by atoms with Crippen LogP contribution in [0.5, 0.6) is 5.75 Å². The predicted molar refractivity (Wildman–Crippen MR) is 58.9 cm³/mol. The molecule has 2 rings (SSSR count). The van der Waals surface area contributed by atoms with E-state index in [0.717, 1.165) is 12.8 Å². The lowest BCUT2D eigenvalue weighted by molar-refractivity contribution is -0.117. The molecule has 0 aromatic heterocycles. The van der Waals surface area contributed by atoms with Crippen molar-refractivity contribution >= 4 is 11.6 Å². The van der Waals surface area contributed by atoms with Crippen molar-refractivity contribution in [2.75, 3.05) is 11.9 Å². The largest absolute Gasteiger partial charge is 0.492 e. The van der Waals surface area contributed by atoms with E-state index >= 15 is 0 Å². The first-order valence-corrected chi connectivity index (χ1v) is 5.44. The zero-order valence-corrected chi connectivity index (χ0v) is 9.13. The van der Waals surface area contributed by atoms with Gasteiger partial charge in [-0.25, -0.2) is 4.39 Å². The van der Waals surface area contributed by atoms with Crippen LogP contribution in [-0.2, 0) is 4.79 Å². The summed E-state index contributed by atoms with van der Waals surface area (Å²) in [6.45, 7) is 2.26. The third-order valence-electron chi connectivity index (χ3n) is 2.45. The lowest BCUT2D eigenvalue weighted by atomic mass is 10.2. The Hall–Kier alpha value is -1.58. The summed E-state index contributed by atoms with van der Waals surface area (Å²) in [5.41, 5.74) is 0.542. The number of carbonyl (C=O) groups excluding carboxylic acids is 1. The maximum absolute atomic E-state index is 13.0. The molecule has 0 saturated heterocycles. The number of nitrogens with one attached hydrogen (secondary N) is 1. The molecule has 1 aliphatic rings. The molecule has 1 aromatic rings. The van der Waals surface area contributed by atoms with Crippen molar-refractivity contribution in [1.82, 2.24) is 0 Å². The second kappa shape index (κ2) is 4.51. The Kier molecular flexibility index (Phi) is 3.08. The van der Waals surface area contributed by atoms with Gasteiger partial charge in [-0.3, -0.25) is 4.79 Å². The van der Waals surface area contributed by atoms with Gasteiger partial charge in [0.1, 0.15) is 11.6 Å². The number of hydrogen-bond acceptors (Lipinski definition) is 2. The van der Waals surface area contributed by atoms with Gasteiger partial charge in [0.05, 0.1) is 12.3 Å². The van der Waals surface area contributed by atoms with Gasteiger partial charge >= 0.3 is 0 Å². The average Bonchev–Trinajstić information content (AvgIpc) is 3.06. The van der Waals surface area contributed by atoms with Gasteiger partial charge < -0.3 is 10.1 Å². The maximum Gasteiger partial charge on any atom is 0.227 e. The topological polar surface area (TPSA) is 38.3 Å². The van der Waals surface area contributed by atoms with Gasteiger partial charge in [-0.2, -0.15) is 0 Å². The molecule has 0 radical (unpaired) electrons. The lowest BCUT2D eigenvalue weighted by Gasteiger charge is -2.11. The molecule has 0 atom stereocenters. The summed E-state index contributed by atoms with van der Waals surface area (Å²) >= 11 is 0. The Morgan fingerprint density at radius 2 is 2.31 bits per heavy atom. The lowest BCUT2D eigenvalue weighted by Crippen LogP contribution is -2.14. The van der Waals surface area contributed by atoms with E-state index in [1.807, 2.05) is 6.92 Å². The quantitative estimate of drug-likeness (QED) is 0.851. The summed E-state index contributed by atoms with van der Waals surface area (Å²) < 4.78 is 18.3. The van der Waals surface area contributed by atoms with E-state index in [1.54, 1.807) is 0 Å². The summed E-state index contributed by atoms with van der Waals surface area (Å²) in [6.07, 6.45) is 1.88. The molecule has 1 N–H and O–H groups in total. The molecule has 16 heavy (non-hydrogen) atoms. The van der Waals surface area contributed by atoms with Crippen LogP contribution in [0.15, 0.2) is 18.2 Å². The van der Waals surface area contributed by atoms with E-state index in [9.17, 15) is 9.18 Å². The first kappa shape index (κ1) is 10.9. The van der Waals surface area contributed by atoms with E-state index in [4.69, 9.17) is 4.74 Å². The van der Waals surface area contributed by atoms with Gasteiger partial charge in [-0.15, -0.1) is 0 Å². The molecule has 1 saturated carbocycles. The number of benzene rings is 1. The molecule has 1 aromatic carbocycles. The van der Waals surface area contributed by atoms with Crippen molar-refractivity contribution in [3.05, 3.63) is 24.0 Å². The second-order valence-corrected chi connectivity index (χ2v) is 3.84. The number of rotatable bonds is 4. The number of carbonyl (C=O) groups is 1. The van der Waals surface area contributed by atoms with E-state index in [0.29, 0.717) is 18.0 Å². The summed E-state index contributed by atoms with van der Waals surface area (Å²) in [5, 5.41) is 2.75. The average molecular weight is 223 g/mol. The van der Waals surface area contributed by atoms with Crippen molar-refractivity contribution in [1.29, 1.82) is 0 Å². The molecule has 86 valence electrons. The third kappa shape index (κ3) is 2.51. The van der Waals surface area contributed by atoms with Gasteiger partial charge in [-0.1, -0.05) is 0 Å². The van der Waals surface area contributed by atoms with E-state index in [-0.39, 0.29) is 17.6 Å². The van der Waals surface area contributed by atoms with E-state index < -0.39 is 0 Å². The summed E-state index contributed by atoms with van der Waals surface area (Å²) in [7, 11) is 0. The van der Waals surface area contributed by atoms with Crippen molar-refractivity contribution in [2.45, 2.75) is 19.8 Å². The standard InChI is InChI=1S/C12H14FNO2/c1-2-16-11-7-9(13)5-6-10(11)14-12(15)8-3-4-8/h5-8H,2-4H2,1H3,(H,14,15). The molecule has 1 amide bonds. The van der Waals surface area contributed by atoms with Crippen LogP contribution in [0.25, 0.3) is 0 Å². The van der Waals surface area contributed by atoms with Crippen LogP contribution in [0.3, 0.4) is 0 Å². The normalized spacial score (nSPS) is 14.6. The summed E-state index contributed by atoms with van der Waals surface area (Å²) in [5.74, 6) is 0.136. The van der Waals surface area contributed by atoms with Crippen LogP contribution in [0.2, 0.25) is 0 Å². The number of amides is 1. The van der Waals surface area contributed by atoms with Crippen LogP contribution < -0.4 is 10.1 Å². The Bertz CT molecular complexity index is 402. The Morgan fingerprint density at radius 1 is 1.56 bits per heavy atom. The molecule has 4 heteroatoms. The summed E-state index contributed by atoms with van der Waals surface area (Å²) in [6, 6.07) is 4.12. The van der Waals surface area contributed by atoms with Crippen molar-refractivity contribution in [3.8, 4) is 5.75 Å². The molecule has 3 nitrogen and oxygen atoms in total. The molecule has 0 heterocycles. The van der Waals surface area contributed by atoms with Crippen molar-refractivity contribution in [3.63, 3.8) is 0 Å². The van der Waals surface area contributed by atoms with Crippen LogP contribution in [-0.4, -0.2) is 12.5 Å². The first-order valence-electron chi connectivity index (χ1n) is 5.44. The highest BCUT2D eigenvalue weighted by molar-refractivity contribution is 5.95. The minimum Gasteiger partial charge on any atom is -0.492 e. The highest BCUT2D eigenvalue weighted by atomic mass is 19.1. The van der Waals surface area contributed by atoms with E-state index in [2.05, 4.69) is 5.32 Å². The zero-order chi connectivity index (χ0) is 11.5. The molecule has 0 unspecified atom stereocenters. The van der Waals surface area contributed by atoms with Crippen LogP contribution in [0.4, 0.5) is 10.1 Å². The summed E-state index contributed by atoms with van der Waals surface area (Å²) in [4.78, 5) is 11.6. The van der Waals surface area contributed by atoms with Crippen LogP contribution in [0.1, 0.15) is 19.8 Å². The molecular formula is C12H14FNO2. The molecule has 1 fully saturated rings. The highest BCUT2D eigenvalue weighted by Crippen LogP contribution is 2.32. The second-order valence-electron chi connectivity index (χ2n) is 3.84. The fourth-order valence-corrected chi connectivity index (χ4v) is 1.45. The number of hydrogen-bond donors (Lipinski definition) is 1. The fraction of sp³-hybridized carbons (Fsp3) is 0.417. The Labute approximate surface area is 93.6 Å². The molecule has 1 aliphatic carbocycles. The highest BCUT2D eigenvalue weighted by Gasteiger charge is 2.30. The van der Waals surface area contributed by atoms with Crippen LogP contribution in [0, 0.1) is 11.7 Å². The van der Waals surface area contributed by atoms with Crippen LogP contribution >= 0.6 is 0 Å². The van der Waals surface area contributed by atoms with Crippen molar-refractivity contribution < 1.29 is 13.9 Å². The molecule has 0 aliphatic heterocycles. The third-order valence-corrected chi connectivity index (χ3v) is 2.45. The van der Waals surface area contributed by atoms with E-state index in [1.165, 1.54) is 18.2 Å². The number of anilines is 1. The Balaban J connectivity index is 2.14. The number of ether oxygens (including phenoxy) is 1. The minimum absolute atomic E-state index is 0.00689. The van der Waals surface area contributed by atoms with Gasteiger partial charge in [-0.05, 0) is 31.9 Å². The van der Waals surface area contributed by atoms with Gasteiger partial charge in [0.15, 0.2) is 0 Å². The molecule has 0 spiro atoms. The minimum atomic E-state index is -0.368. The molecule has 0 bridgehead atoms. The fourth-order valence-electron chi connectivity index (χ4n) is 1.45. The smallest absolute Gasteiger partial charge is 0.227 e. The monoisotopic (exact) mass is 223 g/mol. The number of halogens is 1. The first-order chi connectivity index (χ1) is 7.70. The van der Waals surface area contributed by atoms with Gasteiger partial charge in [0.2, 0.25) is 5.91 Å². The molecular weight excluding hydrogens is 209 g/mol. The zero-order valence-electron chi connectivity index (χ0n) is 9.13. The predicted octanol–water partition coefficient (Wildman–Crippen LogP) is 2.57. The Morgan fingerprint density at radius 3 is 2.94 bits per heavy atom. The SMILES string of the molecule is CCOc1cc(F)ccc1NC(=O)C1CC1. The maximum atomic E-state index is 13.0. The van der Waals surface area contributed by atoms with Gasteiger partial charge in [0.25, 0.3) is 0 Å².